The van der Waals surface area contributed by atoms with Crippen molar-refractivity contribution in [2.75, 3.05) is 16.4 Å². The first-order chi connectivity index (χ1) is 17.3. The molecule has 5 rings (SSSR count). The summed E-state index contributed by atoms with van der Waals surface area (Å²) in [5, 5.41) is 0. The molecule has 36 heavy (non-hydrogen) atoms. The molecular weight excluding hydrogens is 482 g/mol. The average Bonchev–Trinajstić information content (AvgIpc) is 3.22. The lowest BCUT2D eigenvalue weighted by Gasteiger charge is -2.36. The molecule has 2 aromatic heterocycles. The van der Waals surface area contributed by atoms with Gasteiger partial charge in [-0.25, -0.2) is 18.6 Å². The molecule has 0 radical (unpaired) electrons. The van der Waals surface area contributed by atoms with E-state index in [4.69, 9.17) is 4.74 Å². The van der Waals surface area contributed by atoms with E-state index in [1.165, 1.54) is 46.3 Å². The van der Waals surface area contributed by atoms with Crippen LogP contribution in [0.25, 0.3) is 11.0 Å². The van der Waals surface area contributed by atoms with Crippen molar-refractivity contribution < 1.29 is 31.8 Å². The number of alkyl halides is 4. The van der Waals surface area contributed by atoms with Crippen LogP contribution in [0.1, 0.15) is 5.69 Å². The number of amides is 2. The Hall–Kier alpha value is -4.35. The minimum absolute atomic E-state index is 0.0641. The van der Waals surface area contributed by atoms with E-state index in [1.807, 2.05) is 17.7 Å². The van der Waals surface area contributed by atoms with Gasteiger partial charge in [0.2, 0.25) is 0 Å². The van der Waals surface area contributed by atoms with Crippen LogP contribution in [0.3, 0.4) is 0 Å². The van der Waals surface area contributed by atoms with E-state index < -0.39 is 25.7 Å². The van der Waals surface area contributed by atoms with Crippen molar-refractivity contribution in [1.82, 2.24) is 14.5 Å². The van der Waals surface area contributed by atoms with E-state index >= 15 is 0 Å². The van der Waals surface area contributed by atoms with Crippen molar-refractivity contribution in [1.29, 1.82) is 0 Å². The van der Waals surface area contributed by atoms with Gasteiger partial charge in [-0.1, -0.05) is 0 Å². The second kappa shape index (κ2) is 9.36. The summed E-state index contributed by atoms with van der Waals surface area (Å²) in [7, 11) is 1.84. The number of aryl methyl sites for hydroxylation is 1. The zero-order valence-electron chi connectivity index (χ0n) is 18.8. The molecule has 0 spiro atoms. The molecule has 1 aliphatic heterocycles. The van der Waals surface area contributed by atoms with Crippen molar-refractivity contribution in [2.24, 2.45) is 7.05 Å². The molecule has 1 aliphatic rings. The monoisotopic (exact) mass is 501 g/mol. The third kappa shape index (κ3) is 4.49. The second-order valence-electron chi connectivity index (χ2n) is 7.94. The Balaban J connectivity index is 1.57. The van der Waals surface area contributed by atoms with Crippen LogP contribution >= 0.6 is 0 Å². The predicted molar refractivity (Wildman–Crippen MR) is 123 cm³/mol. The van der Waals surface area contributed by atoms with E-state index in [2.05, 4.69) is 14.7 Å². The quantitative estimate of drug-likeness (QED) is 0.313. The summed E-state index contributed by atoms with van der Waals surface area (Å²) in [6.07, 6.45) is 0.301. The fraction of sp³-hybridized carbons (Fsp3) is 0.208. The van der Waals surface area contributed by atoms with Gasteiger partial charge in [-0.15, -0.1) is 0 Å². The fourth-order valence-corrected chi connectivity index (χ4v) is 3.97. The maximum absolute atomic E-state index is 13.8. The number of aromatic nitrogens is 3. The largest absolute Gasteiger partial charge is 0.486 e. The number of anilines is 3. The summed E-state index contributed by atoms with van der Waals surface area (Å²) in [6.45, 7) is -3.72. The molecule has 12 heteroatoms. The molecule has 0 atom stereocenters. The molecule has 2 aromatic carbocycles. The normalized spacial score (nSPS) is 13.6. The van der Waals surface area contributed by atoms with Crippen LogP contribution in [-0.4, -0.2) is 40.2 Å². The first-order valence-electron chi connectivity index (χ1n) is 10.8. The molecule has 0 unspecified atom stereocenters. The van der Waals surface area contributed by atoms with E-state index in [0.717, 1.165) is 11.0 Å². The Labute approximate surface area is 202 Å². The molecule has 4 aromatic rings. The van der Waals surface area contributed by atoms with Crippen molar-refractivity contribution in [3.8, 4) is 11.5 Å². The van der Waals surface area contributed by atoms with E-state index in [9.17, 15) is 22.4 Å². The Kier molecular flexibility index (Phi) is 6.08. The third-order valence-corrected chi connectivity index (χ3v) is 5.61. The smallest absolute Gasteiger partial charge is 0.387 e. The van der Waals surface area contributed by atoms with Gasteiger partial charge >= 0.3 is 12.6 Å². The third-order valence-electron chi connectivity index (χ3n) is 5.61. The Morgan fingerprint density at radius 3 is 2.44 bits per heavy atom. The number of urea groups is 1. The van der Waals surface area contributed by atoms with E-state index in [-0.39, 0.29) is 18.0 Å². The molecule has 0 fully saturated rings. The Bertz CT molecular complexity index is 1410. The van der Waals surface area contributed by atoms with Gasteiger partial charge in [-0.2, -0.15) is 8.78 Å². The van der Waals surface area contributed by atoms with Crippen LogP contribution in [0.5, 0.6) is 11.5 Å². The lowest BCUT2D eigenvalue weighted by molar-refractivity contribution is -0.0498. The number of rotatable bonds is 7. The van der Waals surface area contributed by atoms with E-state index in [1.54, 1.807) is 18.5 Å². The summed E-state index contributed by atoms with van der Waals surface area (Å²) in [5.74, 6) is -0.0154. The number of nitrogens with zero attached hydrogens (tertiary/aromatic N) is 5. The van der Waals surface area contributed by atoms with Gasteiger partial charge in [0, 0.05) is 18.8 Å². The minimum atomic E-state index is -3.00. The molecule has 3 heterocycles. The van der Waals surface area contributed by atoms with Gasteiger partial charge in [-0.3, -0.25) is 14.8 Å². The number of imidazole rings is 1. The standard InChI is InChI=1S/C24H19F4N5O3/c1-31-13-30-18-7-4-15(8-20(18)31)32-11-19-21(9-17(10-29-19)35-12-22(25)26)33(24(32)34)14-2-5-16(6-3-14)36-23(27)28/h2-10,13,22-23H,11-12H2,1H3. The van der Waals surface area contributed by atoms with Crippen molar-refractivity contribution in [3.63, 3.8) is 0 Å². The summed E-state index contributed by atoms with van der Waals surface area (Å²) in [6, 6.07) is 11.9. The number of hydrogen-bond acceptors (Lipinski definition) is 5. The number of ether oxygens (including phenoxy) is 2. The number of carbonyl (C=O) groups excluding carboxylic acids is 1. The number of benzene rings is 2. The first kappa shape index (κ1) is 23.4. The average molecular weight is 501 g/mol. The van der Waals surface area contributed by atoms with Crippen LogP contribution in [0.4, 0.5) is 39.4 Å². The lowest BCUT2D eigenvalue weighted by Crippen LogP contribution is -2.45. The predicted octanol–water partition coefficient (Wildman–Crippen LogP) is 5.49. The van der Waals surface area contributed by atoms with Gasteiger partial charge in [-0.05, 0) is 42.5 Å². The molecule has 8 nitrogen and oxygen atoms in total. The number of fused-ring (bicyclic) bond motifs is 2. The topological polar surface area (TPSA) is 72.7 Å². The fourth-order valence-electron chi connectivity index (χ4n) is 3.97. The maximum Gasteiger partial charge on any atom is 0.387 e. The van der Waals surface area contributed by atoms with Crippen molar-refractivity contribution in [2.45, 2.75) is 19.6 Å². The van der Waals surface area contributed by atoms with Crippen LogP contribution in [0.2, 0.25) is 0 Å². The first-order valence-corrected chi connectivity index (χ1v) is 10.8. The zero-order chi connectivity index (χ0) is 25.4. The van der Waals surface area contributed by atoms with Gasteiger partial charge < -0.3 is 14.0 Å². The lowest BCUT2D eigenvalue weighted by atomic mass is 10.1. The highest BCUT2D eigenvalue weighted by atomic mass is 19.3. The number of carbonyl (C=O) groups is 1. The summed E-state index contributed by atoms with van der Waals surface area (Å²) in [5.41, 5.74) is 3.31. The van der Waals surface area contributed by atoms with Gasteiger partial charge in [0.15, 0.2) is 0 Å². The molecule has 186 valence electrons. The zero-order valence-corrected chi connectivity index (χ0v) is 18.8. The SMILES string of the molecule is Cn1cnc2ccc(N3Cc4ncc(OCC(F)F)cc4N(c4ccc(OC(F)F)cc4)C3=O)cc21. The number of hydrogen-bond donors (Lipinski definition) is 0. The molecule has 0 bridgehead atoms. The van der Waals surface area contributed by atoms with Crippen LogP contribution < -0.4 is 19.3 Å². The molecule has 0 saturated heterocycles. The van der Waals surface area contributed by atoms with Crippen LogP contribution in [0.15, 0.2) is 61.1 Å². The van der Waals surface area contributed by atoms with Crippen LogP contribution in [-0.2, 0) is 13.6 Å². The summed E-state index contributed by atoms with van der Waals surface area (Å²) < 4.78 is 61.8. The molecule has 0 N–H and O–H groups in total. The minimum Gasteiger partial charge on any atom is -0.486 e. The summed E-state index contributed by atoms with van der Waals surface area (Å²) >= 11 is 0. The highest BCUT2D eigenvalue weighted by Gasteiger charge is 2.34. The molecule has 0 aliphatic carbocycles. The van der Waals surface area contributed by atoms with Gasteiger partial charge in [0.1, 0.15) is 18.1 Å². The Morgan fingerprint density at radius 1 is 0.972 bits per heavy atom. The highest BCUT2D eigenvalue weighted by molar-refractivity contribution is 6.11. The number of halogens is 4. The van der Waals surface area contributed by atoms with Gasteiger partial charge in [0.25, 0.3) is 6.43 Å². The van der Waals surface area contributed by atoms with Crippen LogP contribution in [0, 0.1) is 0 Å². The second-order valence-corrected chi connectivity index (χ2v) is 7.94. The molecule has 0 saturated carbocycles. The summed E-state index contributed by atoms with van der Waals surface area (Å²) in [4.78, 5) is 25.3. The number of pyridine rings is 1. The van der Waals surface area contributed by atoms with Crippen molar-refractivity contribution in [3.05, 3.63) is 66.7 Å². The Morgan fingerprint density at radius 2 is 1.72 bits per heavy atom. The van der Waals surface area contributed by atoms with Gasteiger partial charge in [0.05, 0.1) is 47.2 Å². The maximum atomic E-state index is 13.8. The van der Waals surface area contributed by atoms with Crippen molar-refractivity contribution >= 4 is 34.1 Å². The molecular formula is C24H19F4N5O3. The van der Waals surface area contributed by atoms with E-state index in [0.29, 0.717) is 22.8 Å². The highest BCUT2D eigenvalue weighted by Crippen LogP contribution is 2.39. The molecule has 2 amide bonds.